The number of benzene rings is 2. The van der Waals surface area contributed by atoms with E-state index >= 15 is 0 Å². The first-order chi connectivity index (χ1) is 8.70. The minimum absolute atomic E-state index is 0.198. The number of aromatic hydroxyl groups is 2. The van der Waals surface area contributed by atoms with Crippen LogP contribution in [0.15, 0.2) is 48.5 Å². The van der Waals surface area contributed by atoms with Crippen LogP contribution in [0.1, 0.15) is 11.1 Å². The van der Waals surface area contributed by atoms with Crippen LogP contribution >= 0.6 is 0 Å². The summed E-state index contributed by atoms with van der Waals surface area (Å²) in [4.78, 5) is 0. The summed E-state index contributed by atoms with van der Waals surface area (Å²) in [5, 5.41) is 27.8. The largest absolute Gasteiger partial charge is 0.504 e. The Morgan fingerprint density at radius 3 is 2.33 bits per heavy atom. The van der Waals surface area contributed by atoms with Crippen molar-refractivity contribution in [2.45, 2.75) is 0 Å². The van der Waals surface area contributed by atoms with Gasteiger partial charge in [-0.15, -0.1) is 0 Å². The zero-order valence-electron chi connectivity index (χ0n) is 9.54. The van der Waals surface area contributed by atoms with E-state index in [1.807, 2.05) is 30.3 Å². The van der Waals surface area contributed by atoms with E-state index in [1.54, 1.807) is 12.1 Å². The Balaban J connectivity index is 2.43. The van der Waals surface area contributed by atoms with Crippen molar-refractivity contribution in [3.8, 4) is 17.6 Å². The molecule has 88 valence electrons. The number of phenolic OH excluding ortho intramolecular Hbond substituents is 2. The maximum atomic E-state index is 9.42. The van der Waals surface area contributed by atoms with Crippen molar-refractivity contribution in [1.29, 1.82) is 5.26 Å². The van der Waals surface area contributed by atoms with Gasteiger partial charge >= 0.3 is 0 Å². The summed E-state index contributed by atoms with van der Waals surface area (Å²) >= 11 is 0. The van der Waals surface area contributed by atoms with E-state index in [1.165, 1.54) is 12.1 Å². The van der Waals surface area contributed by atoms with Crippen molar-refractivity contribution >= 4 is 11.6 Å². The van der Waals surface area contributed by atoms with Gasteiger partial charge in [-0.2, -0.15) is 5.26 Å². The summed E-state index contributed by atoms with van der Waals surface area (Å²) < 4.78 is 0. The summed E-state index contributed by atoms with van der Waals surface area (Å²) in [5.41, 5.74) is 1.90. The van der Waals surface area contributed by atoms with Crippen LogP contribution in [0.5, 0.6) is 11.5 Å². The van der Waals surface area contributed by atoms with Gasteiger partial charge in [0.05, 0.1) is 11.6 Å². The second-order valence-electron chi connectivity index (χ2n) is 3.78. The Bertz CT molecular complexity index is 625. The molecule has 0 aliphatic carbocycles. The summed E-state index contributed by atoms with van der Waals surface area (Å²) in [6, 6.07) is 15.8. The average molecular weight is 237 g/mol. The molecule has 3 nitrogen and oxygen atoms in total. The van der Waals surface area contributed by atoms with Gasteiger partial charge in [-0.25, -0.2) is 0 Å². The Hall–Kier alpha value is -2.73. The molecule has 0 heterocycles. The lowest BCUT2D eigenvalue weighted by Gasteiger charge is -2.02. The van der Waals surface area contributed by atoms with Crippen molar-refractivity contribution in [1.82, 2.24) is 0 Å². The van der Waals surface area contributed by atoms with Crippen molar-refractivity contribution < 1.29 is 10.2 Å². The number of phenols is 2. The van der Waals surface area contributed by atoms with Crippen molar-refractivity contribution in [3.05, 3.63) is 59.7 Å². The van der Waals surface area contributed by atoms with Gasteiger partial charge in [0.25, 0.3) is 0 Å². The molecule has 0 aliphatic rings. The first kappa shape index (κ1) is 11.7. The lowest BCUT2D eigenvalue weighted by molar-refractivity contribution is 0.403. The predicted octanol–water partition coefficient (Wildman–Crippen LogP) is 3.16. The van der Waals surface area contributed by atoms with E-state index in [4.69, 9.17) is 5.26 Å². The quantitative estimate of drug-likeness (QED) is 0.479. The molecule has 0 spiro atoms. The van der Waals surface area contributed by atoms with Gasteiger partial charge in [0.1, 0.15) is 0 Å². The van der Waals surface area contributed by atoms with E-state index in [0.29, 0.717) is 11.1 Å². The topological polar surface area (TPSA) is 64.2 Å². The minimum Gasteiger partial charge on any atom is -0.504 e. The highest BCUT2D eigenvalue weighted by atomic mass is 16.3. The molecule has 3 heteroatoms. The van der Waals surface area contributed by atoms with E-state index < -0.39 is 0 Å². The predicted molar refractivity (Wildman–Crippen MR) is 69.7 cm³/mol. The zero-order valence-corrected chi connectivity index (χ0v) is 9.54. The Morgan fingerprint density at radius 2 is 1.72 bits per heavy atom. The van der Waals surface area contributed by atoms with Gasteiger partial charge in [-0.3, -0.25) is 0 Å². The Labute approximate surface area is 105 Å². The highest BCUT2D eigenvalue weighted by Crippen LogP contribution is 2.28. The van der Waals surface area contributed by atoms with Gasteiger partial charge in [-0.05, 0) is 35.4 Å². The van der Waals surface area contributed by atoms with E-state index in [2.05, 4.69) is 6.07 Å². The molecule has 0 fully saturated rings. The van der Waals surface area contributed by atoms with Crippen molar-refractivity contribution in [2.24, 2.45) is 0 Å². The molecule has 0 amide bonds. The monoisotopic (exact) mass is 237 g/mol. The first-order valence-electron chi connectivity index (χ1n) is 5.40. The summed E-state index contributed by atoms with van der Waals surface area (Å²) in [6.07, 6.45) is 1.73. The van der Waals surface area contributed by atoms with Crippen LogP contribution in [0.25, 0.3) is 11.6 Å². The normalized spacial score (nSPS) is 10.9. The fourth-order valence-corrected chi connectivity index (χ4v) is 1.59. The van der Waals surface area contributed by atoms with Crippen LogP contribution in [0.3, 0.4) is 0 Å². The van der Waals surface area contributed by atoms with Crippen LogP contribution in [0.4, 0.5) is 0 Å². The summed E-state index contributed by atoms with van der Waals surface area (Å²) in [5.74, 6) is -0.433. The molecule has 2 N–H and O–H groups in total. The molecule has 2 aromatic carbocycles. The van der Waals surface area contributed by atoms with Crippen molar-refractivity contribution in [3.63, 3.8) is 0 Å². The fourth-order valence-electron chi connectivity index (χ4n) is 1.59. The van der Waals surface area contributed by atoms with Crippen LogP contribution in [0, 0.1) is 11.3 Å². The molecule has 0 bridgehead atoms. The maximum absolute atomic E-state index is 9.42. The SMILES string of the molecule is N#CC(=Cc1ccccc1)c1ccc(O)c(O)c1. The van der Waals surface area contributed by atoms with E-state index in [0.717, 1.165) is 5.56 Å². The highest BCUT2D eigenvalue weighted by molar-refractivity contribution is 5.90. The summed E-state index contributed by atoms with van der Waals surface area (Å²) in [6.45, 7) is 0. The lowest BCUT2D eigenvalue weighted by atomic mass is 10.0. The van der Waals surface area contributed by atoms with Crippen molar-refractivity contribution in [2.75, 3.05) is 0 Å². The van der Waals surface area contributed by atoms with Gasteiger partial charge < -0.3 is 10.2 Å². The third kappa shape index (κ3) is 2.50. The molecule has 2 aromatic rings. The maximum Gasteiger partial charge on any atom is 0.158 e. The number of rotatable bonds is 2. The molecule has 18 heavy (non-hydrogen) atoms. The molecule has 0 atom stereocenters. The van der Waals surface area contributed by atoms with Crippen LogP contribution in [0.2, 0.25) is 0 Å². The molecule has 0 unspecified atom stereocenters. The molecule has 0 saturated heterocycles. The standard InChI is InChI=1S/C15H11NO2/c16-10-13(8-11-4-2-1-3-5-11)12-6-7-14(17)15(18)9-12/h1-9,17-18H. The second-order valence-corrected chi connectivity index (χ2v) is 3.78. The van der Waals surface area contributed by atoms with Crippen LogP contribution in [-0.4, -0.2) is 10.2 Å². The fraction of sp³-hybridized carbons (Fsp3) is 0. The Morgan fingerprint density at radius 1 is 1.00 bits per heavy atom. The minimum atomic E-state index is -0.235. The summed E-state index contributed by atoms with van der Waals surface area (Å²) in [7, 11) is 0. The van der Waals surface area contributed by atoms with Gasteiger partial charge in [0, 0.05) is 0 Å². The van der Waals surface area contributed by atoms with Crippen LogP contribution in [-0.2, 0) is 0 Å². The molecule has 0 saturated carbocycles. The van der Waals surface area contributed by atoms with Gasteiger partial charge in [0.15, 0.2) is 11.5 Å². The number of nitrogens with zero attached hydrogens (tertiary/aromatic N) is 1. The molecular formula is C15H11NO2. The first-order valence-corrected chi connectivity index (χ1v) is 5.40. The van der Waals surface area contributed by atoms with Gasteiger partial charge in [0.2, 0.25) is 0 Å². The number of hydrogen-bond acceptors (Lipinski definition) is 3. The third-order valence-electron chi connectivity index (χ3n) is 2.52. The Kier molecular flexibility index (Phi) is 3.31. The molecule has 2 rings (SSSR count). The van der Waals surface area contributed by atoms with Crippen LogP contribution < -0.4 is 0 Å². The van der Waals surface area contributed by atoms with E-state index in [9.17, 15) is 10.2 Å². The molecule has 0 aliphatic heterocycles. The second kappa shape index (κ2) is 5.07. The lowest BCUT2D eigenvalue weighted by Crippen LogP contribution is -1.82. The average Bonchev–Trinajstić information content (AvgIpc) is 2.40. The number of hydrogen-bond donors (Lipinski definition) is 2. The van der Waals surface area contributed by atoms with Gasteiger partial charge in [-0.1, -0.05) is 30.3 Å². The third-order valence-corrected chi connectivity index (χ3v) is 2.52. The number of nitriles is 1. The highest BCUT2D eigenvalue weighted by Gasteiger charge is 2.05. The van der Waals surface area contributed by atoms with E-state index in [-0.39, 0.29) is 11.5 Å². The number of allylic oxidation sites excluding steroid dienone is 1. The smallest absolute Gasteiger partial charge is 0.158 e. The zero-order chi connectivity index (χ0) is 13.0. The molecule has 0 radical (unpaired) electrons. The molecular weight excluding hydrogens is 226 g/mol. The molecule has 0 aromatic heterocycles.